The molecular formula is C29H32N4O4S3. The van der Waals surface area contributed by atoms with Gasteiger partial charge in [-0.3, -0.25) is 9.69 Å². The van der Waals surface area contributed by atoms with Crippen LogP contribution in [-0.2, 0) is 19.6 Å². The first-order chi connectivity index (χ1) is 19.2. The van der Waals surface area contributed by atoms with Crippen molar-refractivity contribution in [1.29, 1.82) is 0 Å². The molecule has 0 bridgehead atoms. The molecule has 2 atom stereocenters. The van der Waals surface area contributed by atoms with Crippen molar-refractivity contribution >= 4 is 50.3 Å². The number of carbonyl (C=O) groups is 1. The van der Waals surface area contributed by atoms with Crippen LogP contribution in [0.3, 0.4) is 0 Å². The Morgan fingerprint density at radius 2 is 1.82 bits per heavy atom. The third-order valence-corrected chi connectivity index (χ3v) is 10.00. The summed E-state index contributed by atoms with van der Waals surface area (Å²) in [6, 6.07) is 16.5. The van der Waals surface area contributed by atoms with Crippen molar-refractivity contribution in [3.8, 4) is 16.9 Å². The van der Waals surface area contributed by atoms with Gasteiger partial charge in [0.15, 0.2) is 0 Å². The summed E-state index contributed by atoms with van der Waals surface area (Å²) in [5.74, 6) is -0.117. The third kappa shape index (κ3) is 5.94. The molecule has 2 aliphatic heterocycles. The number of sulfonamides is 1. The molecule has 1 amide bonds. The van der Waals surface area contributed by atoms with Crippen LogP contribution in [0.5, 0.6) is 0 Å². The highest BCUT2D eigenvalue weighted by atomic mass is 32.2. The second-order valence-corrected chi connectivity index (χ2v) is 13.6. The minimum Gasteiger partial charge on any atom is -0.373 e. The number of hydrogen-bond acceptors (Lipinski definition) is 7. The zero-order valence-corrected chi connectivity index (χ0v) is 25.1. The molecule has 11 heteroatoms. The summed E-state index contributed by atoms with van der Waals surface area (Å²) in [5, 5.41) is 4.84. The first kappa shape index (κ1) is 28.7. The van der Waals surface area contributed by atoms with Crippen LogP contribution in [-0.4, -0.2) is 69.5 Å². The van der Waals surface area contributed by atoms with Gasteiger partial charge in [0, 0.05) is 37.0 Å². The molecule has 2 aliphatic rings. The molecule has 0 N–H and O–H groups in total. The van der Waals surface area contributed by atoms with Crippen molar-refractivity contribution in [3.63, 3.8) is 0 Å². The summed E-state index contributed by atoms with van der Waals surface area (Å²) in [5.41, 5.74) is 2.75. The smallest absolute Gasteiger partial charge is 0.266 e. The predicted molar refractivity (Wildman–Crippen MR) is 163 cm³/mol. The minimum absolute atomic E-state index is 0.117. The largest absolute Gasteiger partial charge is 0.373 e. The van der Waals surface area contributed by atoms with E-state index in [0.717, 1.165) is 18.5 Å². The Morgan fingerprint density at radius 3 is 2.52 bits per heavy atom. The Morgan fingerprint density at radius 1 is 1.10 bits per heavy atom. The molecule has 210 valence electrons. The summed E-state index contributed by atoms with van der Waals surface area (Å²) >= 11 is 6.78. The van der Waals surface area contributed by atoms with Crippen molar-refractivity contribution in [2.75, 3.05) is 19.6 Å². The number of thiocarbonyl (C=S) groups is 1. The number of unbranched alkanes of at least 4 members (excludes halogenated alkanes) is 1. The Labute approximate surface area is 245 Å². The molecule has 0 spiro atoms. The normalized spacial score (nSPS) is 21.5. The summed E-state index contributed by atoms with van der Waals surface area (Å²) in [6.45, 7) is 7.01. The van der Waals surface area contributed by atoms with Crippen molar-refractivity contribution in [3.05, 3.63) is 71.3 Å². The quantitative estimate of drug-likeness (QED) is 0.256. The number of rotatable bonds is 8. The Bertz CT molecular complexity index is 1540. The maximum absolute atomic E-state index is 13.6. The van der Waals surface area contributed by atoms with Gasteiger partial charge in [0.05, 0.1) is 27.7 Å². The van der Waals surface area contributed by atoms with Crippen LogP contribution in [0.25, 0.3) is 23.0 Å². The number of carbonyl (C=O) groups excluding carboxylic acids is 1. The van der Waals surface area contributed by atoms with E-state index in [9.17, 15) is 13.2 Å². The second kappa shape index (κ2) is 12.0. The monoisotopic (exact) mass is 596 g/mol. The van der Waals surface area contributed by atoms with Crippen molar-refractivity contribution in [2.45, 2.75) is 50.7 Å². The van der Waals surface area contributed by atoms with E-state index in [-0.39, 0.29) is 23.0 Å². The molecule has 2 unspecified atom stereocenters. The van der Waals surface area contributed by atoms with Gasteiger partial charge in [-0.2, -0.15) is 9.40 Å². The zero-order chi connectivity index (χ0) is 28.4. The molecule has 3 heterocycles. The van der Waals surface area contributed by atoms with Gasteiger partial charge in [-0.15, -0.1) is 0 Å². The van der Waals surface area contributed by atoms with Gasteiger partial charge in [-0.1, -0.05) is 67.7 Å². The number of ether oxygens (including phenoxy) is 1. The Kier molecular flexibility index (Phi) is 8.58. The summed E-state index contributed by atoms with van der Waals surface area (Å²) < 4.78 is 36.7. The van der Waals surface area contributed by atoms with Crippen molar-refractivity contribution in [2.24, 2.45) is 0 Å². The number of thioether (sulfide) groups is 1. The minimum atomic E-state index is -3.75. The molecule has 8 nitrogen and oxygen atoms in total. The van der Waals surface area contributed by atoms with E-state index in [1.165, 1.54) is 16.1 Å². The van der Waals surface area contributed by atoms with E-state index in [1.54, 1.807) is 33.9 Å². The van der Waals surface area contributed by atoms with Gasteiger partial charge in [0.25, 0.3) is 5.91 Å². The lowest BCUT2D eigenvalue weighted by Crippen LogP contribution is -2.48. The molecule has 40 heavy (non-hydrogen) atoms. The van der Waals surface area contributed by atoms with Crippen LogP contribution in [0.1, 0.15) is 39.2 Å². The SMILES string of the molecule is CCCCN1C(=O)/C(=C/c2cn(-c3ccccc3)nc2-c2cccc(S(=O)(=O)N3CC(C)OC(C)C3)c2)SC1=S. The number of nitrogens with zero attached hydrogens (tertiary/aromatic N) is 4. The van der Waals surface area contributed by atoms with E-state index >= 15 is 0 Å². The molecule has 1 aromatic heterocycles. The molecule has 0 saturated carbocycles. The molecule has 2 saturated heterocycles. The van der Waals surface area contributed by atoms with Crippen LogP contribution >= 0.6 is 24.0 Å². The number of amides is 1. The fraction of sp³-hybridized carbons (Fsp3) is 0.345. The lowest BCUT2D eigenvalue weighted by atomic mass is 10.1. The fourth-order valence-corrected chi connectivity index (χ4v) is 7.80. The summed E-state index contributed by atoms with van der Waals surface area (Å²) in [6.07, 6.45) is 5.12. The van der Waals surface area contributed by atoms with Gasteiger partial charge >= 0.3 is 0 Å². The van der Waals surface area contributed by atoms with Crippen LogP contribution in [0.15, 0.2) is 70.6 Å². The third-order valence-electron chi connectivity index (χ3n) is 6.79. The molecule has 5 rings (SSSR count). The lowest BCUT2D eigenvalue weighted by Gasteiger charge is -2.34. The first-order valence-corrected chi connectivity index (χ1v) is 16.0. The van der Waals surface area contributed by atoms with Crippen LogP contribution in [0.2, 0.25) is 0 Å². The highest BCUT2D eigenvalue weighted by Crippen LogP contribution is 2.35. The van der Waals surface area contributed by atoms with Gasteiger partial charge in [-0.05, 0) is 50.6 Å². The molecule has 2 aromatic carbocycles. The van der Waals surface area contributed by atoms with Crippen molar-refractivity contribution in [1.82, 2.24) is 19.0 Å². The Balaban J connectivity index is 1.56. The van der Waals surface area contributed by atoms with Gasteiger partial charge < -0.3 is 4.74 Å². The van der Waals surface area contributed by atoms with Crippen LogP contribution in [0.4, 0.5) is 0 Å². The first-order valence-electron chi connectivity index (χ1n) is 13.3. The highest BCUT2D eigenvalue weighted by Gasteiger charge is 2.33. The van der Waals surface area contributed by atoms with E-state index in [2.05, 4.69) is 6.92 Å². The van der Waals surface area contributed by atoms with Gasteiger partial charge in [-0.25, -0.2) is 13.1 Å². The molecule has 3 aromatic rings. The number of aromatic nitrogens is 2. The standard InChI is InChI=1S/C29H32N4O4S3/c1-4-5-14-32-28(34)26(39-29(32)38)16-23-19-33(24-11-7-6-8-12-24)30-27(23)22-10-9-13-25(15-22)40(35,36)31-17-20(2)37-21(3)18-31/h6-13,15-16,19-21H,4-5,14,17-18H2,1-3H3/b26-16-. The van der Waals surface area contributed by atoms with E-state index in [4.69, 9.17) is 22.1 Å². The second-order valence-electron chi connectivity index (χ2n) is 10.0. The topological polar surface area (TPSA) is 84.7 Å². The molecule has 2 fully saturated rings. The van der Waals surface area contributed by atoms with Crippen molar-refractivity contribution < 1.29 is 17.9 Å². The molecular weight excluding hydrogens is 565 g/mol. The maximum atomic E-state index is 13.6. The maximum Gasteiger partial charge on any atom is 0.266 e. The molecule has 0 aliphatic carbocycles. The van der Waals surface area contributed by atoms with Gasteiger partial charge in [0.1, 0.15) is 10.0 Å². The van der Waals surface area contributed by atoms with Gasteiger partial charge in [0.2, 0.25) is 10.0 Å². The Hall–Kier alpha value is -2.83. The zero-order valence-electron chi connectivity index (χ0n) is 22.7. The number of para-hydroxylation sites is 1. The van der Waals surface area contributed by atoms with E-state index in [1.807, 2.05) is 56.4 Å². The van der Waals surface area contributed by atoms with E-state index < -0.39 is 10.0 Å². The predicted octanol–water partition coefficient (Wildman–Crippen LogP) is 5.34. The number of morpholine rings is 1. The average molecular weight is 597 g/mol. The highest BCUT2D eigenvalue weighted by molar-refractivity contribution is 8.26. The molecule has 0 radical (unpaired) electrons. The summed E-state index contributed by atoms with van der Waals surface area (Å²) in [4.78, 5) is 15.6. The summed E-state index contributed by atoms with van der Waals surface area (Å²) in [7, 11) is -3.75. The lowest BCUT2D eigenvalue weighted by molar-refractivity contribution is -0.122. The number of benzene rings is 2. The number of hydrogen-bond donors (Lipinski definition) is 0. The van der Waals surface area contributed by atoms with Crippen LogP contribution < -0.4 is 0 Å². The average Bonchev–Trinajstić information content (AvgIpc) is 3.47. The van der Waals surface area contributed by atoms with E-state index in [0.29, 0.717) is 45.7 Å². The van der Waals surface area contributed by atoms with Crippen LogP contribution in [0, 0.1) is 0 Å². The fourth-order valence-electron chi connectivity index (χ4n) is 4.86.